The molecule has 1 amide bonds. The van der Waals surface area contributed by atoms with Crippen molar-refractivity contribution in [1.82, 2.24) is 9.80 Å². The van der Waals surface area contributed by atoms with Gasteiger partial charge in [0.1, 0.15) is 5.82 Å². The lowest BCUT2D eigenvalue weighted by molar-refractivity contribution is 0.0597. The van der Waals surface area contributed by atoms with Gasteiger partial charge in [-0.3, -0.25) is 9.69 Å². The van der Waals surface area contributed by atoms with Crippen molar-refractivity contribution >= 4 is 5.91 Å². The van der Waals surface area contributed by atoms with Crippen LogP contribution in [0.25, 0.3) is 0 Å². The van der Waals surface area contributed by atoms with Gasteiger partial charge in [0, 0.05) is 31.7 Å². The quantitative estimate of drug-likeness (QED) is 0.648. The van der Waals surface area contributed by atoms with Gasteiger partial charge >= 0.3 is 0 Å². The Bertz CT molecular complexity index is 964. The number of hydrogen-bond donors (Lipinski definition) is 0. The van der Waals surface area contributed by atoms with Crippen molar-refractivity contribution in [1.29, 1.82) is 0 Å². The molecule has 29 heavy (non-hydrogen) atoms. The molecule has 1 aliphatic rings. The number of halogens is 1. The fraction of sp³-hybridized carbons (Fsp3) is 0.240. The molecule has 1 saturated heterocycles. The van der Waals surface area contributed by atoms with E-state index >= 15 is 0 Å². The van der Waals surface area contributed by atoms with Crippen LogP contribution in [0.4, 0.5) is 4.39 Å². The number of benzene rings is 3. The maximum atomic E-state index is 13.5. The van der Waals surface area contributed by atoms with Gasteiger partial charge in [-0.1, -0.05) is 66.2 Å². The minimum atomic E-state index is -0.377. The van der Waals surface area contributed by atoms with E-state index in [0.29, 0.717) is 18.7 Å². The van der Waals surface area contributed by atoms with Crippen LogP contribution in [0.5, 0.6) is 0 Å². The molecule has 3 aromatic carbocycles. The number of hydrogen-bond acceptors (Lipinski definition) is 2. The van der Waals surface area contributed by atoms with Crippen molar-refractivity contribution in [3.05, 3.63) is 107 Å². The fourth-order valence-corrected chi connectivity index (χ4v) is 3.99. The van der Waals surface area contributed by atoms with E-state index in [1.807, 2.05) is 11.0 Å². The van der Waals surface area contributed by atoms with Crippen LogP contribution in [0.15, 0.2) is 78.9 Å². The van der Waals surface area contributed by atoms with Crippen LogP contribution in [0, 0.1) is 12.7 Å². The van der Waals surface area contributed by atoms with Gasteiger partial charge in [0.25, 0.3) is 5.91 Å². The van der Waals surface area contributed by atoms with Crippen molar-refractivity contribution in [2.24, 2.45) is 0 Å². The molecular formula is C25H25FN2O. The first-order chi connectivity index (χ1) is 14.1. The summed E-state index contributed by atoms with van der Waals surface area (Å²) in [6, 6.07) is 25.3. The summed E-state index contributed by atoms with van der Waals surface area (Å²) in [5.74, 6) is -0.478. The standard InChI is InChI=1S/C25H25FN2O/c1-19-10-12-21(13-11-19)24(20-6-3-2-4-7-20)27-14-16-28(17-15-27)25(29)22-8-5-9-23(26)18-22/h2-13,18,24H,14-17H2,1H3/t24-/m0/s1. The Balaban J connectivity index is 1.52. The molecule has 148 valence electrons. The maximum absolute atomic E-state index is 13.5. The van der Waals surface area contributed by atoms with E-state index in [9.17, 15) is 9.18 Å². The zero-order valence-corrected chi connectivity index (χ0v) is 16.6. The van der Waals surface area contributed by atoms with Crippen molar-refractivity contribution in [3.63, 3.8) is 0 Å². The molecule has 1 atom stereocenters. The molecule has 0 bridgehead atoms. The minimum absolute atomic E-state index is 0.101. The number of nitrogens with zero attached hydrogens (tertiary/aromatic N) is 2. The molecule has 0 aliphatic carbocycles. The van der Waals surface area contributed by atoms with Crippen LogP contribution in [0.1, 0.15) is 33.1 Å². The van der Waals surface area contributed by atoms with Gasteiger partial charge in [-0.15, -0.1) is 0 Å². The SMILES string of the molecule is Cc1ccc([C@H](c2ccccc2)N2CCN(C(=O)c3cccc(F)c3)CC2)cc1. The van der Waals surface area contributed by atoms with Crippen LogP contribution >= 0.6 is 0 Å². The summed E-state index contributed by atoms with van der Waals surface area (Å²) in [5.41, 5.74) is 4.16. The highest BCUT2D eigenvalue weighted by molar-refractivity contribution is 5.94. The Kier molecular flexibility index (Phi) is 5.72. The Morgan fingerprint density at radius 2 is 1.48 bits per heavy atom. The molecule has 0 spiro atoms. The summed E-state index contributed by atoms with van der Waals surface area (Å²) in [6.45, 7) is 4.90. The predicted octanol–water partition coefficient (Wildman–Crippen LogP) is 4.68. The summed E-state index contributed by atoms with van der Waals surface area (Å²) in [6.07, 6.45) is 0. The third kappa shape index (κ3) is 4.38. The summed E-state index contributed by atoms with van der Waals surface area (Å²) >= 11 is 0. The summed E-state index contributed by atoms with van der Waals surface area (Å²) in [4.78, 5) is 17.0. The van der Waals surface area contributed by atoms with Gasteiger partial charge in [-0.05, 0) is 36.2 Å². The van der Waals surface area contributed by atoms with E-state index in [0.717, 1.165) is 13.1 Å². The Morgan fingerprint density at radius 1 is 0.828 bits per heavy atom. The van der Waals surface area contributed by atoms with Crippen LogP contribution in [-0.4, -0.2) is 41.9 Å². The van der Waals surface area contributed by atoms with Crippen molar-refractivity contribution in [2.45, 2.75) is 13.0 Å². The number of rotatable bonds is 4. The molecular weight excluding hydrogens is 363 g/mol. The predicted molar refractivity (Wildman–Crippen MR) is 113 cm³/mol. The molecule has 0 aromatic heterocycles. The van der Waals surface area contributed by atoms with Gasteiger partial charge in [0.2, 0.25) is 0 Å². The van der Waals surface area contributed by atoms with Crippen LogP contribution < -0.4 is 0 Å². The van der Waals surface area contributed by atoms with Gasteiger partial charge in [-0.25, -0.2) is 4.39 Å². The highest BCUT2D eigenvalue weighted by Crippen LogP contribution is 2.30. The molecule has 1 fully saturated rings. The second-order valence-electron chi connectivity index (χ2n) is 7.56. The van der Waals surface area contributed by atoms with E-state index in [1.54, 1.807) is 12.1 Å². The first-order valence-corrected chi connectivity index (χ1v) is 10.0. The minimum Gasteiger partial charge on any atom is -0.336 e. The monoisotopic (exact) mass is 388 g/mol. The van der Waals surface area contributed by atoms with Gasteiger partial charge < -0.3 is 4.90 Å². The highest BCUT2D eigenvalue weighted by atomic mass is 19.1. The van der Waals surface area contributed by atoms with Gasteiger partial charge in [-0.2, -0.15) is 0 Å². The number of carbonyl (C=O) groups is 1. The molecule has 1 aliphatic heterocycles. The molecule has 0 saturated carbocycles. The number of piperazine rings is 1. The summed E-state index contributed by atoms with van der Waals surface area (Å²) < 4.78 is 13.5. The highest BCUT2D eigenvalue weighted by Gasteiger charge is 2.28. The van der Waals surface area contributed by atoms with E-state index in [4.69, 9.17) is 0 Å². The lowest BCUT2D eigenvalue weighted by atomic mass is 9.95. The third-order valence-corrected chi connectivity index (χ3v) is 5.55. The van der Waals surface area contributed by atoms with Gasteiger partial charge in [0.15, 0.2) is 0 Å². The Hall–Kier alpha value is -2.98. The average Bonchev–Trinajstić information content (AvgIpc) is 2.76. The third-order valence-electron chi connectivity index (χ3n) is 5.55. The fourth-order valence-electron chi connectivity index (χ4n) is 3.99. The second-order valence-corrected chi connectivity index (χ2v) is 7.56. The molecule has 0 N–H and O–H groups in total. The maximum Gasteiger partial charge on any atom is 0.254 e. The Labute approximate surface area is 171 Å². The number of aryl methyl sites for hydroxylation is 1. The van der Waals surface area contributed by atoms with Crippen LogP contribution in [-0.2, 0) is 0 Å². The molecule has 4 rings (SSSR count). The summed E-state index contributed by atoms with van der Waals surface area (Å²) in [7, 11) is 0. The van der Waals surface area contributed by atoms with E-state index in [-0.39, 0.29) is 17.8 Å². The topological polar surface area (TPSA) is 23.6 Å². The first-order valence-electron chi connectivity index (χ1n) is 10.0. The first kappa shape index (κ1) is 19.3. The van der Waals surface area contributed by atoms with Crippen molar-refractivity contribution < 1.29 is 9.18 Å². The van der Waals surface area contributed by atoms with Crippen molar-refractivity contribution in [2.75, 3.05) is 26.2 Å². The molecule has 1 heterocycles. The molecule has 0 unspecified atom stereocenters. The molecule has 3 nitrogen and oxygen atoms in total. The average molecular weight is 388 g/mol. The lowest BCUT2D eigenvalue weighted by Crippen LogP contribution is -2.49. The van der Waals surface area contributed by atoms with Gasteiger partial charge in [0.05, 0.1) is 6.04 Å². The zero-order valence-electron chi connectivity index (χ0n) is 16.6. The molecule has 3 aromatic rings. The molecule has 0 radical (unpaired) electrons. The Morgan fingerprint density at radius 3 is 2.14 bits per heavy atom. The van der Waals surface area contributed by atoms with E-state index in [2.05, 4.69) is 60.4 Å². The largest absolute Gasteiger partial charge is 0.336 e. The summed E-state index contributed by atoms with van der Waals surface area (Å²) in [5, 5.41) is 0. The van der Waals surface area contributed by atoms with Crippen LogP contribution in [0.3, 0.4) is 0 Å². The lowest BCUT2D eigenvalue weighted by Gasteiger charge is -2.40. The number of carbonyl (C=O) groups excluding carboxylic acids is 1. The number of amides is 1. The van der Waals surface area contributed by atoms with Crippen LogP contribution in [0.2, 0.25) is 0 Å². The molecule has 4 heteroatoms. The normalized spacial score (nSPS) is 15.9. The second kappa shape index (κ2) is 8.58. The van der Waals surface area contributed by atoms with Crippen molar-refractivity contribution in [3.8, 4) is 0 Å². The van der Waals surface area contributed by atoms with E-state index < -0.39 is 0 Å². The van der Waals surface area contributed by atoms with E-state index in [1.165, 1.54) is 28.8 Å². The smallest absolute Gasteiger partial charge is 0.254 e. The zero-order chi connectivity index (χ0) is 20.2.